The number of nitrogens with one attached hydrogen (secondary N) is 1. The zero-order valence-electron chi connectivity index (χ0n) is 17.5. The molecule has 32 heavy (non-hydrogen) atoms. The molecule has 2 aromatic rings. The molecule has 1 heterocycles. The first-order valence-corrected chi connectivity index (χ1v) is 11.6. The van der Waals surface area contributed by atoms with Crippen LogP contribution in [0.1, 0.15) is 37.0 Å². The maximum absolute atomic E-state index is 14.1. The molecule has 1 aliphatic heterocycles. The predicted octanol–water partition coefficient (Wildman–Crippen LogP) is 3.63. The molecule has 0 fully saturated rings. The number of nitrogens with zero attached hydrogens (tertiary/aromatic N) is 2. The predicted molar refractivity (Wildman–Crippen MR) is 116 cm³/mol. The summed E-state index contributed by atoms with van der Waals surface area (Å²) in [6, 6.07) is 8.24. The van der Waals surface area contributed by atoms with Crippen molar-refractivity contribution >= 4 is 27.1 Å². The summed E-state index contributed by atoms with van der Waals surface area (Å²) in [5.41, 5.74) is 1.15. The van der Waals surface area contributed by atoms with E-state index in [0.717, 1.165) is 6.07 Å². The number of rotatable bonds is 6. The fraction of sp³-hybridized carbons (Fsp3) is 0.333. The number of alkyl halides is 3. The lowest BCUT2D eigenvalue weighted by Crippen LogP contribution is -2.32. The fourth-order valence-electron chi connectivity index (χ4n) is 3.33. The van der Waals surface area contributed by atoms with E-state index in [9.17, 15) is 21.6 Å². The Labute approximate surface area is 184 Å². The molecule has 0 saturated carbocycles. The van der Waals surface area contributed by atoms with Crippen molar-refractivity contribution < 1.29 is 26.3 Å². The monoisotopic (exact) mass is 468 g/mol. The van der Waals surface area contributed by atoms with Crippen LogP contribution in [0.25, 0.3) is 0 Å². The quantitative estimate of drug-likeness (QED) is 0.497. The van der Waals surface area contributed by atoms with Crippen molar-refractivity contribution in [3.63, 3.8) is 0 Å². The third-order valence-corrected chi connectivity index (χ3v) is 6.61. The number of hydrogen-bond donors (Lipinski definition) is 2. The van der Waals surface area contributed by atoms with Gasteiger partial charge in [-0.15, -0.1) is 0 Å². The second-order valence-electron chi connectivity index (χ2n) is 7.01. The Morgan fingerprint density at radius 2 is 1.84 bits per heavy atom. The van der Waals surface area contributed by atoms with Crippen LogP contribution in [0.4, 0.5) is 18.9 Å². The molecule has 0 bridgehead atoms. The lowest BCUT2D eigenvalue weighted by molar-refractivity contribution is -0.137. The van der Waals surface area contributed by atoms with Gasteiger partial charge in [0.15, 0.2) is 9.84 Å². The molecule has 11 heteroatoms. The lowest BCUT2D eigenvalue weighted by atomic mass is 9.95. The Morgan fingerprint density at radius 3 is 2.41 bits per heavy atom. The number of nitrogens with two attached hydrogens (primary N) is 1. The molecule has 3 rings (SSSR count). The summed E-state index contributed by atoms with van der Waals surface area (Å²) in [5, 5.41) is 0. The topological polar surface area (TPSA) is 106 Å². The van der Waals surface area contributed by atoms with Gasteiger partial charge in [-0.05, 0) is 49.7 Å². The Bertz CT molecular complexity index is 1160. The van der Waals surface area contributed by atoms with Crippen molar-refractivity contribution in [2.75, 3.05) is 18.9 Å². The summed E-state index contributed by atoms with van der Waals surface area (Å²) in [6.07, 6.45) is -4.58. The highest BCUT2D eigenvalue weighted by atomic mass is 32.2. The van der Waals surface area contributed by atoms with Gasteiger partial charge in [-0.2, -0.15) is 13.2 Å². The number of ether oxygens (including phenoxy) is 1. The molecule has 172 valence electrons. The highest BCUT2D eigenvalue weighted by Crippen LogP contribution is 2.40. The van der Waals surface area contributed by atoms with Gasteiger partial charge in [0.05, 0.1) is 40.8 Å². The third kappa shape index (κ3) is 4.94. The summed E-state index contributed by atoms with van der Waals surface area (Å²) in [5.74, 6) is 5.83. The Kier molecular flexibility index (Phi) is 6.89. The summed E-state index contributed by atoms with van der Waals surface area (Å²) in [6.45, 7) is 3.78. The number of benzene rings is 2. The maximum atomic E-state index is 14.1. The van der Waals surface area contributed by atoms with E-state index in [1.165, 1.54) is 0 Å². The number of halogens is 3. The number of amidine groups is 1. The van der Waals surface area contributed by atoms with Gasteiger partial charge in [0.1, 0.15) is 11.6 Å². The van der Waals surface area contributed by atoms with Crippen molar-refractivity contribution in [1.82, 2.24) is 5.43 Å². The van der Waals surface area contributed by atoms with E-state index in [-0.39, 0.29) is 41.5 Å². The van der Waals surface area contributed by atoms with Gasteiger partial charge in [-0.3, -0.25) is 4.99 Å². The van der Waals surface area contributed by atoms with Crippen LogP contribution in [0.3, 0.4) is 0 Å². The van der Waals surface area contributed by atoms with Crippen LogP contribution >= 0.6 is 0 Å². The molecule has 0 amide bonds. The molecular formula is C21H23F3N4O3S. The van der Waals surface area contributed by atoms with Crippen LogP contribution in [-0.4, -0.2) is 38.9 Å². The summed E-state index contributed by atoms with van der Waals surface area (Å²) in [7, 11) is -3.93. The average molecular weight is 469 g/mol. The van der Waals surface area contributed by atoms with E-state index in [1.807, 2.05) is 6.92 Å². The highest BCUT2D eigenvalue weighted by Gasteiger charge is 2.38. The largest absolute Gasteiger partial charge is 0.494 e. The number of hydrazine groups is 1. The van der Waals surface area contributed by atoms with Crippen LogP contribution in [0.15, 0.2) is 51.3 Å². The van der Waals surface area contributed by atoms with Gasteiger partial charge in [0.25, 0.3) is 0 Å². The zero-order valence-corrected chi connectivity index (χ0v) is 18.3. The van der Waals surface area contributed by atoms with E-state index in [4.69, 9.17) is 10.6 Å². The minimum atomic E-state index is -4.84. The normalized spacial score (nSPS) is 14.2. The van der Waals surface area contributed by atoms with Gasteiger partial charge in [0.2, 0.25) is 0 Å². The fourth-order valence-corrected chi connectivity index (χ4v) is 4.69. The van der Waals surface area contributed by atoms with E-state index >= 15 is 0 Å². The minimum Gasteiger partial charge on any atom is -0.494 e. The average Bonchev–Trinajstić information content (AvgIpc) is 2.92. The molecule has 0 radical (unpaired) electrons. The van der Waals surface area contributed by atoms with Crippen LogP contribution in [0.5, 0.6) is 5.75 Å². The number of aliphatic imine (C=N–C) groups is 2. The summed E-state index contributed by atoms with van der Waals surface area (Å²) < 4.78 is 73.0. The number of hydrogen-bond acceptors (Lipinski definition) is 7. The molecular weight excluding hydrogens is 445 g/mol. The molecule has 0 spiro atoms. The highest BCUT2D eigenvalue weighted by molar-refractivity contribution is 7.91. The summed E-state index contributed by atoms with van der Waals surface area (Å²) >= 11 is 0. The first kappa shape index (κ1) is 23.7. The van der Waals surface area contributed by atoms with Crippen LogP contribution in [-0.2, 0) is 16.0 Å². The van der Waals surface area contributed by atoms with E-state index in [1.54, 1.807) is 31.2 Å². The lowest BCUT2D eigenvalue weighted by Gasteiger charge is -2.18. The minimum absolute atomic E-state index is 0.0313. The molecule has 7 nitrogen and oxygen atoms in total. The first-order valence-electron chi connectivity index (χ1n) is 9.91. The third-order valence-electron chi connectivity index (χ3n) is 4.71. The van der Waals surface area contributed by atoms with Crippen molar-refractivity contribution in [3.8, 4) is 5.75 Å². The van der Waals surface area contributed by atoms with E-state index in [2.05, 4.69) is 15.4 Å². The second kappa shape index (κ2) is 9.29. The molecule has 2 aromatic carbocycles. The molecule has 0 aliphatic carbocycles. The van der Waals surface area contributed by atoms with Crippen LogP contribution in [0, 0.1) is 0 Å². The zero-order chi connectivity index (χ0) is 23.5. The van der Waals surface area contributed by atoms with Crippen molar-refractivity contribution in [1.29, 1.82) is 0 Å². The first-order chi connectivity index (χ1) is 15.1. The SMILES string of the molecule is CCCS(=O)(=O)c1cc2c(c(C(F)(F)F)c1)C(c1ccc(OCC)cc1)=NCC(NN)=N2. The van der Waals surface area contributed by atoms with Crippen molar-refractivity contribution in [2.24, 2.45) is 15.8 Å². The van der Waals surface area contributed by atoms with Crippen LogP contribution in [0.2, 0.25) is 0 Å². The van der Waals surface area contributed by atoms with Gasteiger partial charge in [-0.25, -0.2) is 19.3 Å². The van der Waals surface area contributed by atoms with Crippen LogP contribution < -0.4 is 16.0 Å². The van der Waals surface area contributed by atoms with Crippen molar-refractivity contribution in [2.45, 2.75) is 31.3 Å². The number of fused-ring (bicyclic) bond motifs is 1. The second-order valence-corrected chi connectivity index (χ2v) is 9.12. The molecule has 0 saturated heterocycles. The van der Waals surface area contributed by atoms with Gasteiger partial charge < -0.3 is 10.2 Å². The molecule has 3 N–H and O–H groups in total. The van der Waals surface area contributed by atoms with E-state index < -0.39 is 26.5 Å². The Balaban J connectivity index is 2.30. The summed E-state index contributed by atoms with van der Waals surface area (Å²) in [4.78, 5) is 8.04. The molecule has 0 aromatic heterocycles. The Morgan fingerprint density at radius 1 is 1.16 bits per heavy atom. The van der Waals surface area contributed by atoms with Gasteiger partial charge >= 0.3 is 6.18 Å². The smallest absolute Gasteiger partial charge is 0.417 e. The standard InChI is InChI=1S/C21H23F3N4O3S/c1-3-9-32(29,30)15-10-16(21(22,23)24)19-17(11-15)27-18(28-25)12-26-20(19)13-5-7-14(8-6-13)31-4-2/h5-8,10-11H,3-4,9,12,25H2,1-2H3,(H,27,28). The van der Waals surface area contributed by atoms with Crippen molar-refractivity contribution in [3.05, 3.63) is 53.1 Å². The molecule has 0 unspecified atom stereocenters. The van der Waals surface area contributed by atoms with Gasteiger partial charge in [0, 0.05) is 11.1 Å². The number of sulfone groups is 1. The van der Waals surface area contributed by atoms with Gasteiger partial charge in [-0.1, -0.05) is 6.92 Å². The molecule has 0 atom stereocenters. The maximum Gasteiger partial charge on any atom is 0.417 e. The van der Waals surface area contributed by atoms with E-state index in [0.29, 0.717) is 24.0 Å². The Hall–Kier alpha value is -2.92. The molecule has 1 aliphatic rings.